The number of nitrogens with two attached hydrogens (primary N) is 1. The summed E-state index contributed by atoms with van der Waals surface area (Å²) in [5.74, 6) is 3.72. The van der Waals surface area contributed by atoms with Crippen LogP contribution in [0.15, 0.2) is 18.2 Å². The summed E-state index contributed by atoms with van der Waals surface area (Å²) in [7, 11) is 0. The smallest absolute Gasteiger partial charge is 0.369 e. The van der Waals surface area contributed by atoms with Crippen LogP contribution in [0.2, 0.25) is 0 Å². The third-order valence-electron chi connectivity index (χ3n) is 1.95. The number of halogens is 3. The molecule has 1 aromatic rings. The maximum Gasteiger partial charge on any atom is 0.416 e. The van der Waals surface area contributed by atoms with E-state index >= 15 is 0 Å². The van der Waals surface area contributed by atoms with Crippen molar-refractivity contribution in [2.45, 2.75) is 12.6 Å². The fraction of sp³-hybridized carbons (Fsp3) is 0.182. The van der Waals surface area contributed by atoms with E-state index in [2.05, 4.69) is 11.8 Å². The van der Waals surface area contributed by atoms with Crippen LogP contribution in [0.1, 0.15) is 17.5 Å². The fourth-order valence-electron chi connectivity index (χ4n) is 1.19. The molecule has 0 atom stereocenters. The van der Waals surface area contributed by atoms with E-state index in [4.69, 9.17) is 5.73 Å². The molecular formula is C11H7F3N2O3. The first kappa shape index (κ1) is 14.5. The van der Waals surface area contributed by atoms with Crippen LogP contribution in [0.25, 0.3) is 0 Å². The number of nitro benzene ring substituents is 1. The van der Waals surface area contributed by atoms with Crippen molar-refractivity contribution in [2.75, 3.05) is 0 Å². The summed E-state index contributed by atoms with van der Waals surface area (Å²) in [4.78, 5) is 20.0. The number of nitrogens with zero attached hydrogens (tertiary/aromatic N) is 1. The van der Waals surface area contributed by atoms with E-state index in [1.807, 2.05) is 0 Å². The van der Waals surface area contributed by atoms with Gasteiger partial charge in [0, 0.05) is 17.7 Å². The molecule has 19 heavy (non-hydrogen) atoms. The lowest BCUT2D eigenvalue weighted by molar-refractivity contribution is -0.385. The molecule has 1 aromatic carbocycles. The number of alkyl halides is 3. The molecule has 0 aliphatic carbocycles. The fourth-order valence-corrected chi connectivity index (χ4v) is 1.19. The summed E-state index contributed by atoms with van der Waals surface area (Å²) in [5, 5.41) is 10.5. The van der Waals surface area contributed by atoms with Crippen LogP contribution in [-0.4, -0.2) is 10.8 Å². The van der Waals surface area contributed by atoms with E-state index < -0.39 is 28.3 Å². The second-order valence-electron chi connectivity index (χ2n) is 3.47. The summed E-state index contributed by atoms with van der Waals surface area (Å²) in [5.41, 5.74) is 2.70. The van der Waals surface area contributed by atoms with Crippen LogP contribution < -0.4 is 5.73 Å². The van der Waals surface area contributed by atoms with Crippen molar-refractivity contribution >= 4 is 11.6 Å². The van der Waals surface area contributed by atoms with Gasteiger partial charge in [0.2, 0.25) is 5.91 Å². The number of non-ortho nitro benzene ring substituents is 1. The molecule has 0 unspecified atom stereocenters. The molecule has 0 fully saturated rings. The van der Waals surface area contributed by atoms with E-state index in [1.165, 1.54) is 0 Å². The average molecular weight is 272 g/mol. The van der Waals surface area contributed by atoms with E-state index in [1.54, 1.807) is 0 Å². The van der Waals surface area contributed by atoms with Crippen LogP contribution in [0.3, 0.4) is 0 Å². The molecule has 1 amide bonds. The molecule has 1 rings (SSSR count). The topological polar surface area (TPSA) is 86.2 Å². The molecular weight excluding hydrogens is 265 g/mol. The molecule has 0 aliphatic heterocycles. The Morgan fingerprint density at radius 1 is 1.37 bits per heavy atom. The SMILES string of the molecule is NC(=O)CC#Cc1cc([N+](=O)[O-])cc(C(F)(F)F)c1. The van der Waals surface area contributed by atoms with Gasteiger partial charge in [0.15, 0.2) is 0 Å². The monoisotopic (exact) mass is 272 g/mol. The van der Waals surface area contributed by atoms with Crippen molar-refractivity contribution in [3.63, 3.8) is 0 Å². The average Bonchev–Trinajstić information content (AvgIpc) is 2.26. The van der Waals surface area contributed by atoms with Gasteiger partial charge in [-0.1, -0.05) is 11.8 Å². The first-order valence-corrected chi connectivity index (χ1v) is 4.84. The second-order valence-corrected chi connectivity index (χ2v) is 3.47. The van der Waals surface area contributed by atoms with Crippen LogP contribution in [-0.2, 0) is 11.0 Å². The lowest BCUT2D eigenvalue weighted by Gasteiger charge is -2.06. The number of carbonyl (C=O) groups excluding carboxylic acids is 1. The largest absolute Gasteiger partial charge is 0.416 e. The first-order chi connectivity index (χ1) is 8.70. The minimum atomic E-state index is -4.72. The zero-order valence-electron chi connectivity index (χ0n) is 9.32. The number of carbonyl (C=O) groups is 1. The highest BCUT2D eigenvalue weighted by atomic mass is 19.4. The van der Waals surface area contributed by atoms with Crippen LogP contribution in [0, 0.1) is 22.0 Å². The van der Waals surface area contributed by atoms with Crippen molar-refractivity contribution in [3.8, 4) is 11.8 Å². The minimum absolute atomic E-state index is 0.206. The molecule has 100 valence electrons. The van der Waals surface area contributed by atoms with E-state index in [9.17, 15) is 28.1 Å². The van der Waals surface area contributed by atoms with Gasteiger partial charge in [-0.25, -0.2) is 0 Å². The molecule has 0 saturated carbocycles. The predicted molar refractivity (Wildman–Crippen MR) is 58.8 cm³/mol. The van der Waals surface area contributed by atoms with Crippen LogP contribution in [0.5, 0.6) is 0 Å². The number of hydrogen-bond donors (Lipinski definition) is 1. The molecule has 0 spiro atoms. The Morgan fingerprint density at radius 3 is 2.47 bits per heavy atom. The van der Waals surface area contributed by atoms with Gasteiger partial charge >= 0.3 is 6.18 Å². The van der Waals surface area contributed by atoms with Crippen molar-refractivity contribution < 1.29 is 22.9 Å². The van der Waals surface area contributed by atoms with Crippen molar-refractivity contribution in [3.05, 3.63) is 39.4 Å². The zero-order valence-corrected chi connectivity index (χ0v) is 9.32. The molecule has 2 N–H and O–H groups in total. The van der Waals surface area contributed by atoms with E-state index in [0.717, 1.165) is 6.07 Å². The second kappa shape index (κ2) is 5.39. The predicted octanol–water partition coefficient (Wildman–Crippen LogP) is 1.84. The summed E-state index contributed by atoms with van der Waals surface area (Å²) in [6.45, 7) is 0. The van der Waals surface area contributed by atoms with Gasteiger partial charge in [-0.3, -0.25) is 14.9 Å². The molecule has 0 radical (unpaired) electrons. The standard InChI is InChI=1S/C11H7F3N2O3/c12-11(13,14)8-4-7(2-1-3-10(15)17)5-9(6-8)16(18)19/h4-6H,3H2,(H2,15,17). The Balaban J connectivity index is 3.23. The van der Waals surface area contributed by atoms with Gasteiger partial charge in [-0.2, -0.15) is 13.2 Å². The molecule has 8 heteroatoms. The summed E-state index contributed by atoms with van der Waals surface area (Å²) < 4.78 is 37.6. The van der Waals surface area contributed by atoms with Crippen LogP contribution >= 0.6 is 0 Å². The lowest BCUT2D eigenvalue weighted by atomic mass is 10.1. The van der Waals surface area contributed by atoms with Gasteiger partial charge in [0.25, 0.3) is 5.69 Å². The maximum atomic E-state index is 12.5. The van der Waals surface area contributed by atoms with Crippen molar-refractivity contribution in [1.82, 2.24) is 0 Å². The normalized spacial score (nSPS) is 10.5. The van der Waals surface area contributed by atoms with Gasteiger partial charge in [-0.05, 0) is 6.07 Å². The Kier molecular flexibility index (Phi) is 4.11. The Labute approximate surface area is 105 Å². The first-order valence-electron chi connectivity index (χ1n) is 4.84. The Morgan fingerprint density at radius 2 is 2.00 bits per heavy atom. The highest BCUT2D eigenvalue weighted by molar-refractivity contribution is 5.76. The zero-order chi connectivity index (χ0) is 14.6. The summed E-state index contributed by atoms with van der Waals surface area (Å²) >= 11 is 0. The number of primary amides is 1. The number of amides is 1. The molecule has 0 bridgehead atoms. The van der Waals surface area contributed by atoms with E-state index in [-0.39, 0.29) is 12.0 Å². The third kappa shape index (κ3) is 4.31. The quantitative estimate of drug-likeness (QED) is 0.506. The molecule has 0 aromatic heterocycles. The number of hydrogen-bond acceptors (Lipinski definition) is 3. The van der Waals surface area contributed by atoms with E-state index in [0.29, 0.717) is 12.1 Å². The van der Waals surface area contributed by atoms with Crippen molar-refractivity contribution in [2.24, 2.45) is 5.73 Å². The van der Waals surface area contributed by atoms with Gasteiger partial charge in [-0.15, -0.1) is 0 Å². The van der Waals surface area contributed by atoms with Crippen LogP contribution in [0.4, 0.5) is 18.9 Å². The van der Waals surface area contributed by atoms with Gasteiger partial charge in [0.05, 0.1) is 16.9 Å². The summed E-state index contributed by atoms with van der Waals surface area (Å²) in [6, 6.07) is 1.98. The number of benzene rings is 1. The molecule has 5 nitrogen and oxygen atoms in total. The minimum Gasteiger partial charge on any atom is -0.369 e. The molecule has 0 heterocycles. The summed E-state index contributed by atoms with van der Waals surface area (Å²) in [6.07, 6.45) is -5.06. The highest BCUT2D eigenvalue weighted by Crippen LogP contribution is 2.32. The number of nitro groups is 1. The van der Waals surface area contributed by atoms with Gasteiger partial charge < -0.3 is 5.73 Å². The molecule has 0 saturated heterocycles. The Hall–Kier alpha value is -2.56. The third-order valence-corrected chi connectivity index (χ3v) is 1.95. The van der Waals surface area contributed by atoms with Crippen molar-refractivity contribution in [1.29, 1.82) is 0 Å². The molecule has 0 aliphatic rings. The highest BCUT2D eigenvalue weighted by Gasteiger charge is 2.32. The Bertz CT molecular complexity index is 585. The lowest BCUT2D eigenvalue weighted by Crippen LogP contribution is -2.08. The number of rotatable bonds is 2. The van der Waals surface area contributed by atoms with Gasteiger partial charge in [0.1, 0.15) is 0 Å². The maximum absolute atomic E-state index is 12.5.